The minimum absolute atomic E-state index is 0. The molecule has 0 bridgehead atoms. The Labute approximate surface area is 210 Å². The van der Waals surface area contributed by atoms with Gasteiger partial charge in [-0.2, -0.15) is 0 Å². The largest absolute Gasteiger partial charge is 0.512 e. The van der Waals surface area contributed by atoms with Crippen LogP contribution in [0, 0.1) is 19.3 Å². The zero-order chi connectivity index (χ0) is 24.8. The maximum Gasteiger partial charge on any atom is 0.261 e. The van der Waals surface area contributed by atoms with Crippen molar-refractivity contribution < 1.29 is 27.2 Å². The molecule has 9 heteroatoms. The summed E-state index contributed by atoms with van der Waals surface area (Å²) in [5.41, 5.74) is 3.24. The molecule has 1 unspecified atom stereocenters. The molecule has 0 spiro atoms. The normalized spacial score (nSPS) is 12.0. The van der Waals surface area contributed by atoms with Crippen LogP contribution in [0.3, 0.4) is 0 Å². The van der Waals surface area contributed by atoms with E-state index in [-0.39, 0.29) is 25.4 Å². The standard InChI is InChI=1S/C26H27N3O4S.H2O.2H2/c1-16-9-8-10-17(2)25(16)29-34(32)22-15-20(13-14-21(22)33-4)28-26(31)23(18(3)30)24(27)19-11-6-5-7-12-19;;;/h5-15,27,29-30H,1-4H3,(H,28,31);1H2;2*1H/b23-18+,27-24?;;;. The maximum absolute atomic E-state index is 13.2. The number of carbonyl (C=O) groups is 1. The number of carbonyl (C=O) groups excluding carboxylic acids is 1. The number of para-hydroxylation sites is 1. The number of anilines is 2. The van der Waals surface area contributed by atoms with E-state index in [2.05, 4.69) is 10.0 Å². The molecule has 0 aliphatic carbocycles. The van der Waals surface area contributed by atoms with E-state index in [1.807, 2.05) is 32.0 Å². The van der Waals surface area contributed by atoms with Crippen LogP contribution in [0.25, 0.3) is 0 Å². The Morgan fingerprint density at radius 2 is 1.66 bits per heavy atom. The van der Waals surface area contributed by atoms with E-state index in [1.165, 1.54) is 14.0 Å². The zero-order valence-corrected chi connectivity index (χ0v) is 20.7. The van der Waals surface area contributed by atoms with Gasteiger partial charge in [-0.15, -0.1) is 0 Å². The highest BCUT2D eigenvalue weighted by Gasteiger charge is 2.21. The summed E-state index contributed by atoms with van der Waals surface area (Å²) in [5, 5.41) is 21.2. The van der Waals surface area contributed by atoms with Gasteiger partial charge in [-0.3, -0.25) is 10.2 Å². The fourth-order valence-corrected chi connectivity index (χ4v) is 4.61. The molecule has 3 aromatic rings. The van der Waals surface area contributed by atoms with Crippen molar-refractivity contribution in [2.45, 2.75) is 25.7 Å². The highest BCUT2D eigenvalue weighted by molar-refractivity contribution is 7.86. The molecule has 3 rings (SSSR count). The Balaban J connectivity index is 0.00000432. The van der Waals surface area contributed by atoms with Crippen LogP contribution >= 0.6 is 0 Å². The lowest BCUT2D eigenvalue weighted by Gasteiger charge is -2.16. The molecule has 0 radical (unpaired) electrons. The molecule has 8 nitrogen and oxygen atoms in total. The maximum atomic E-state index is 13.2. The molecule has 3 aromatic carbocycles. The van der Waals surface area contributed by atoms with Crippen LogP contribution in [0.1, 0.15) is 26.5 Å². The van der Waals surface area contributed by atoms with Crippen molar-refractivity contribution in [2.75, 3.05) is 17.1 Å². The average molecular weight is 500 g/mol. The first kappa shape index (κ1) is 27.3. The van der Waals surface area contributed by atoms with Crippen LogP contribution in [-0.4, -0.2) is 33.5 Å². The summed E-state index contributed by atoms with van der Waals surface area (Å²) in [6, 6.07) is 19.2. The molecule has 0 heterocycles. The van der Waals surface area contributed by atoms with E-state index < -0.39 is 16.9 Å². The number of aliphatic hydroxyl groups is 1. The summed E-state index contributed by atoms with van der Waals surface area (Å²) < 4.78 is 21.6. The molecule has 0 saturated carbocycles. The van der Waals surface area contributed by atoms with Crippen molar-refractivity contribution in [1.29, 1.82) is 5.41 Å². The monoisotopic (exact) mass is 499 g/mol. The molecule has 0 aliphatic heterocycles. The van der Waals surface area contributed by atoms with Crippen LogP contribution in [-0.2, 0) is 15.8 Å². The molecule has 0 fully saturated rings. The van der Waals surface area contributed by atoms with E-state index >= 15 is 0 Å². The van der Waals surface area contributed by atoms with Crippen molar-refractivity contribution in [3.05, 3.63) is 94.8 Å². The number of methoxy groups -OCH3 is 1. The first-order chi connectivity index (χ1) is 16.2. The van der Waals surface area contributed by atoms with Crippen molar-refractivity contribution in [3.63, 3.8) is 0 Å². The van der Waals surface area contributed by atoms with Gasteiger partial charge >= 0.3 is 0 Å². The molecule has 0 saturated heterocycles. The van der Waals surface area contributed by atoms with E-state index in [9.17, 15) is 14.1 Å². The van der Waals surface area contributed by atoms with Gasteiger partial charge in [0.05, 0.1) is 18.5 Å². The second-order valence-corrected chi connectivity index (χ2v) is 8.84. The average Bonchev–Trinajstić information content (AvgIpc) is 2.81. The lowest BCUT2D eigenvalue weighted by atomic mass is 10.0. The first-order valence-corrected chi connectivity index (χ1v) is 11.7. The van der Waals surface area contributed by atoms with Gasteiger partial charge in [0.2, 0.25) is 0 Å². The molecule has 0 aromatic heterocycles. The number of allylic oxidation sites excluding steroid dienone is 1. The van der Waals surface area contributed by atoms with Gasteiger partial charge in [0.25, 0.3) is 5.91 Å². The minimum atomic E-state index is -1.68. The smallest absolute Gasteiger partial charge is 0.261 e. The second kappa shape index (κ2) is 12.0. The second-order valence-electron chi connectivity index (χ2n) is 7.66. The summed E-state index contributed by atoms with van der Waals surface area (Å²) in [6.45, 7) is 5.20. The van der Waals surface area contributed by atoms with Crippen LogP contribution in [0.2, 0.25) is 0 Å². The number of benzene rings is 3. The fourth-order valence-electron chi connectivity index (χ4n) is 3.42. The number of hydrogen-bond donors (Lipinski definition) is 4. The summed E-state index contributed by atoms with van der Waals surface area (Å²) in [5.74, 6) is -0.542. The number of aryl methyl sites for hydroxylation is 2. The topological polar surface area (TPSA) is 143 Å². The predicted molar refractivity (Wildman–Crippen MR) is 144 cm³/mol. The van der Waals surface area contributed by atoms with Crippen LogP contribution in [0.4, 0.5) is 11.4 Å². The van der Waals surface area contributed by atoms with Crippen molar-refractivity contribution in [2.24, 2.45) is 0 Å². The number of rotatable bonds is 8. The predicted octanol–water partition coefficient (Wildman–Crippen LogP) is 4.95. The summed E-state index contributed by atoms with van der Waals surface area (Å²) >= 11 is 0. The number of nitrogens with one attached hydrogen (secondary N) is 3. The third-order valence-corrected chi connectivity index (χ3v) is 6.31. The Morgan fingerprint density at radius 3 is 2.23 bits per heavy atom. The van der Waals surface area contributed by atoms with Gasteiger partial charge in [0.15, 0.2) is 11.0 Å². The molecule has 35 heavy (non-hydrogen) atoms. The van der Waals surface area contributed by atoms with Gasteiger partial charge in [-0.1, -0.05) is 48.5 Å². The van der Waals surface area contributed by atoms with Gasteiger partial charge in [-0.25, -0.2) is 4.21 Å². The molecule has 1 amide bonds. The number of ether oxygens (including phenoxy) is 1. The number of aliphatic hydroxyl groups excluding tert-OH is 1. The van der Waals surface area contributed by atoms with E-state index in [0.29, 0.717) is 21.9 Å². The van der Waals surface area contributed by atoms with Crippen LogP contribution in [0.5, 0.6) is 5.75 Å². The van der Waals surface area contributed by atoms with E-state index in [4.69, 9.17) is 10.1 Å². The fraction of sp³-hybridized carbons (Fsp3) is 0.154. The lowest BCUT2D eigenvalue weighted by molar-refractivity contribution is -0.112. The summed E-state index contributed by atoms with van der Waals surface area (Å²) in [4.78, 5) is 13.3. The van der Waals surface area contributed by atoms with Crippen molar-refractivity contribution in [3.8, 4) is 5.75 Å². The first-order valence-electron chi connectivity index (χ1n) is 10.5. The van der Waals surface area contributed by atoms with Crippen LogP contribution < -0.4 is 14.8 Å². The Hall–Kier alpha value is -3.95. The zero-order valence-electron chi connectivity index (χ0n) is 19.9. The quantitative estimate of drug-likeness (QED) is 0.197. The van der Waals surface area contributed by atoms with Crippen LogP contribution in [0.15, 0.2) is 83.0 Å². The summed E-state index contributed by atoms with van der Waals surface area (Å²) in [7, 11) is -0.203. The third-order valence-electron chi connectivity index (χ3n) is 5.20. The van der Waals surface area contributed by atoms with Gasteiger partial charge < -0.3 is 25.4 Å². The molecule has 1 atom stereocenters. The highest BCUT2D eigenvalue weighted by Crippen LogP contribution is 2.29. The molecular weight excluding hydrogens is 466 g/mol. The summed E-state index contributed by atoms with van der Waals surface area (Å²) in [6.07, 6.45) is 0. The van der Waals surface area contributed by atoms with Crippen molar-refractivity contribution in [1.82, 2.24) is 0 Å². The minimum Gasteiger partial charge on any atom is -0.512 e. The molecular formula is C26H33N3O5S. The number of hydrogen-bond acceptors (Lipinski definition) is 5. The highest BCUT2D eigenvalue weighted by atomic mass is 32.2. The Kier molecular flexibility index (Phi) is 9.33. The van der Waals surface area contributed by atoms with E-state index in [0.717, 1.165) is 16.8 Å². The number of amides is 1. The lowest BCUT2D eigenvalue weighted by Crippen LogP contribution is -2.22. The van der Waals surface area contributed by atoms with Gasteiger partial charge in [0, 0.05) is 14.1 Å². The molecule has 6 N–H and O–H groups in total. The van der Waals surface area contributed by atoms with E-state index in [1.54, 1.807) is 48.5 Å². The Bertz CT molecular complexity index is 1280. The molecule has 188 valence electrons. The van der Waals surface area contributed by atoms with Gasteiger partial charge in [0.1, 0.15) is 22.0 Å². The molecule has 0 aliphatic rings. The SMILES string of the molecule is COc1ccc(NC(=O)/C(C(=N)c2ccccc2)=C(\C)O)cc1S(=O)Nc1c(C)cccc1C.O.[HH].[HH]. The van der Waals surface area contributed by atoms with Crippen molar-refractivity contribution >= 4 is 34.0 Å². The Morgan fingerprint density at radius 1 is 1.03 bits per heavy atom. The third kappa shape index (κ3) is 6.34. The van der Waals surface area contributed by atoms with Gasteiger partial charge in [-0.05, 0) is 50.1 Å².